The number of hydrogen-bond acceptors (Lipinski definition) is 6. The topological polar surface area (TPSA) is 102 Å². The maximum Gasteiger partial charge on any atom is 0.270 e. The number of rotatable bonds is 6. The molecular weight excluding hydrogens is 324 g/mol. The van der Waals surface area contributed by atoms with Crippen LogP contribution in [-0.4, -0.2) is 24.9 Å². The van der Waals surface area contributed by atoms with Crippen molar-refractivity contribution in [3.8, 4) is 17.6 Å². The minimum atomic E-state index is -0.615. The van der Waals surface area contributed by atoms with Gasteiger partial charge in [-0.05, 0) is 12.1 Å². The molecule has 126 valence electrons. The molecule has 0 fully saturated rings. The highest BCUT2D eigenvalue weighted by Gasteiger charge is 2.17. The van der Waals surface area contributed by atoms with Gasteiger partial charge >= 0.3 is 0 Å². The van der Waals surface area contributed by atoms with Crippen LogP contribution in [0.15, 0.2) is 48.0 Å². The Bertz CT molecular complexity index is 897. The highest BCUT2D eigenvalue weighted by molar-refractivity contribution is 6.14. The van der Waals surface area contributed by atoms with Gasteiger partial charge < -0.3 is 9.47 Å². The number of nitrogens with zero attached hydrogens (tertiary/aromatic N) is 2. The van der Waals surface area contributed by atoms with Crippen molar-refractivity contribution in [1.82, 2.24) is 0 Å². The summed E-state index contributed by atoms with van der Waals surface area (Å²) < 4.78 is 10.5. The number of methoxy groups -OCH3 is 2. The lowest BCUT2D eigenvalue weighted by molar-refractivity contribution is -0.384. The van der Waals surface area contributed by atoms with Crippen LogP contribution in [0.4, 0.5) is 5.69 Å². The van der Waals surface area contributed by atoms with Crippen LogP contribution in [0.25, 0.3) is 6.08 Å². The van der Waals surface area contributed by atoms with Crippen molar-refractivity contribution in [2.24, 2.45) is 0 Å². The smallest absolute Gasteiger partial charge is 0.270 e. The fourth-order valence-electron chi connectivity index (χ4n) is 2.25. The fourth-order valence-corrected chi connectivity index (χ4v) is 2.25. The molecule has 2 aromatic rings. The summed E-state index contributed by atoms with van der Waals surface area (Å²) in [6.07, 6.45) is 1.36. The van der Waals surface area contributed by atoms with Gasteiger partial charge in [0, 0.05) is 23.3 Å². The number of non-ortho nitro benzene ring substituents is 1. The van der Waals surface area contributed by atoms with Crippen LogP contribution in [0.1, 0.15) is 15.9 Å². The van der Waals surface area contributed by atoms with Gasteiger partial charge in [-0.15, -0.1) is 0 Å². The molecule has 0 bridgehead atoms. The number of carbonyl (C=O) groups excluding carboxylic acids is 1. The van der Waals surface area contributed by atoms with Crippen LogP contribution in [0.3, 0.4) is 0 Å². The zero-order valence-electron chi connectivity index (χ0n) is 13.6. The van der Waals surface area contributed by atoms with Gasteiger partial charge in [0.15, 0.2) is 11.5 Å². The zero-order chi connectivity index (χ0) is 18.4. The molecule has 0 radical (unpaired) electrons. The molecule has 0 aliphatic rings. The molecular formula is C18H14N2O5. The van der Waals surface area contributed by atoms with Gasteiger partial charge in [0.2, 0.25) is 5.78 Å². The molecule has 0 saturated heterocycles. The summed E-state index contributed by atoms with van der Waals surface area (Å²) in [6, 6.07) is 12.1. The molecule has 0 heterocycles. The predicted molar refractivity (Wildman–Crippen MR) is 90.6 cm³/mol. The van der Waals surface area contributed by atoms with Crippen molar-refractivity contribution >= 4 is 17.5 Å². The van der Waals surface area contributed by atoms with E-state index in [0.717, 1.165) is 6.07 Å². The SMILES string of the molecule is COc1cccc(/C=C(\C#N)C(=O)c2cccc([N+](=O)[O-])c2)c1OC. The van der Waals surface area contributed by atoms with Gasteiger partial charge in [-0.1, -0.05) is 24.3 Å². The third kappa shape index (κ3) is 3.82. The Morgan fingerprint density at radius 3 is 2.52 bits per heavy atom. The molecule has 25 heavy (non-hydrogen) atoms. The van der Waals surface area contributed by atoms with Gasteiger partial charge in [0.1, 0.15) is 11.6 Å². The third-order valence-corrected chi connectivity index (χ3v) is 3.42. The van der Waals surface area contributed by atoms with E-state index in [-0.39, 0.29) is 16.8 Å². The van der Waals surface area contributed by atoms with Crippen LogP contribution < -0.4 is 9.47 Å². The van der Waals surface area contributed by atoms with Crippen molar-refractivity contribution in [1.29, 1.82) is 5.26 Å². The second-order valence-corrected chi connectivity index (χ2v) is 4.89. The number of hydrogen-bond donors (Lipinski definition) is 0. The average molecular weight is 338 g/mol. The molecule has 0 unspecified atom stereocenters. The largest absolute Gasteiger partial charge is 0.493 e. The number of nitriles is 1. The lowest BCUT2D eigenvalue weighted by Gasteiger charge is -2.10. The molecule has 0 atom stereocenters. The number of allylic oxidation sites excluding steroid dienone is 1. The van der Waals surface area contributed by atoms with E-state index in [4.69, 9.17) is 9.47 Å². The van der Waals surface area contributed by atoms with E-state index in [1.165, 1.54) is 38.5 Å². The average Bonchev–Trinajstić information content (AvgIpc) is 2.65. The summed E-state index contributed by atoms with van der Waals surface area (Å²) in [5.74, 6) is 0.219. The van der Waals surface area contributed by atoms with Crippen LogP contribution in [0.2, 0.25) is 0 Å². The van der Waals surface area contributed by atoms with Crippen molar-refractivity contribution in [2.75, 3.05) is 14.2 Å². The summed E-state index contributed by atoms with van der Waals surface area (Å²) in [5, 5.41) is 20.2. The number of Topliss-reactive ketones (excluding diaryl/α,β-unsaturated/α-hetero) is 1. The first-order chi connectivity index (χ1) is 12.0. The Balaban J connectivity index is 2.48. The van der Waals surface area contributed by atoms with E-state index in [2.05, 4.69) is 0 Å². The molecule has 7 nitrogen and oxygen atoms in total. The lowest BCUT2D eigenvalue weighted by atomic mass is 10.0. The highest BCUT2D eigenvalue weighted by atomic mass is 16.6. The third-order valence-electron chi connectivity index (χ3n) is 3.42. The standard InChI is InChI=1S/C18H14N2O5/c1-24-16-8-4-6-13(18(16)25-2)9-14(11-19)17(21)12-5-3-7-15(10-12)20(22)23/h3-10H,1-2H3/b14-9+. The number of carbonyl (C=O) groups is 1. The number of ether oxygens (including phenoxy) is 2. The summed E-state index contributed by atoms with van der Waals surface area (Å²) in [5.41, 5.74) is 0.148. The quantitative estimate of drug-likeness (QED) is 0.263. The Labute approximate surface area is 143 Å². The van der Waals surface area contributed by atoms with Gasteiger partial charge in [-0.25, -0.2) is 0 Å². The summed E-state index contributed by atoms with van der Waals surface area (Å²) in [6.45, 7) is 0. The van der Waals surface area contributed by atoms with Gasteiger partial charge in [0.05, 0.1) is 19.1 Å². The molecule has 0 amide bonds. The van der Waals surface area contributed by atoms with E-state index in [1.807, 2.05) is 6.07 Å². The van der Waals surface area contributed by atoms with Crippen molar-refractivity contribution in [3.63, 3.8) is 0 Å². The molecule has 0 N–H and O–H groups in total. The maximum atomic E-state index is 12.5. The summed E-state index contributed by atoms with van der Waals surface area (Å²) in [4.78, 5) is 22.8. The lowest BCUT2D eigenvalue weighted by Crippen LogP contribution is -2.03. The van der Waals surface area contributed by atoms with Crippen LogP contribution in [0.5, 0.6) is 11.5 Å². The number of nitro benzene ring substituents is 1. The molecule has 2 rings (SSSR count). The van der Waals surface area contributed by atoms with E-state index in [1.54, 1.807) is 18.2 Å². The molecule has 0 aliphatic heterocycles. The second kappa shape index (κ2) is 7.75. The fraction of sp³-hybridized carbons (Fsp3) is 0.111. The molecule has 2 aromatic carbocycles. The van der Waals surface area contributed by atoms with Crippen molar-refractivity contribution in [3.05, 3.63) is 69.3 Å². The van der Waals surface area contributed by atoms with E-state index < -0.39 is 10.7 Å². The summed E-state index contributed by atoms with van der Waals surface area (Å²) in [7, 11) is 2.93. The summed E-state index contributed by atoms with van der Waals surface area (Å²) >= 11 is 0. The van der Waals surface area contributed by atoms with Gasteiger partial charge in [-0.2, -0.15) is 5.26 Å². The first-order valence-electron chi connectivity index (χ1n) is 7.13. The highest BCUT2D eigenvalue weighted by Crippen LogP contribution is 2.32. The van der Waals surface area contributed by atoms with Crippen LogP contribution >= 0.6 is 0 Å². The zero-order valence-corrected chi connectivity index (χ0v) is 13.6. The van der Waals surface area contributed by atoms with E-state index >= 15 is 0 Å². The second-order valence-electron chi connectivity index (χ2n) is 4.89. The van der Waals surface area contributed by atoms with E-state index in [9.17, 15) is 20.2 Å². The van der Waals surface area contributed by atoms with Crippen LogP contribution in [-0.2, 0) is 0 Å². The molecule has 0 spiro atoms. The minimum absolute atomic E-state index is 0.0591. The monoisotopic (exact) mass is 338 g/mol. The Hall–Kier alpha value is -3.66. The van der Waals surface area contributed by atoms with Crippen LogP contribution in [0, 0.1) is 21.4 Å². The predicted octanol–water partition coefficient (Wildman–Crippen LogP) is 3.40. The first kappa shape index (κ1) is 17.7. The normalized spacial score (nSPS) is 10.7. The molecule has 0 aliphatic carbocycles. The minimum Gasteiger partial charge on any atom is -0.493 e. The number of ketones is 1. The van der Waals surface area contributed by atoms with Gasteiger partial charge in [0.25, 0.3) is 5.69 Å². The number of benzene rings is 2. The molecule has 7 heteroatoms. The first-order valence-corrected chi connectivity index (χ1v) is 7.13. The Morgan fingerprint density at radius 2 is 1.92 bits per heavy atom. The van der Waals surface area contributed by atoms with E-state index in [0.29, 0.717) is 17.1 Å². The Morgan fingerprint density at radius 1 is 1.20 bits per heavy atom. The van der Waals surface area contributed by atoms with Gasteiger partial charge in [-0.3, -0.25) is 14.9 Å². The number of nitro groups is 1. The maximum absolute atomic E-state index is 12.5. The number of para-hydroxylation sites is 1. The molecule has 0 aromatic heterocycles. The molecule has 0 saturated carbocycles. The van der Waals surface area contributed by atoms with Crippen molar-refractivity contribution in [2.45, 2.75) is 0 Å². The Kier molecular flexibility index (Phi) is 5.48. The van der Waals surface area contributed by atoms with Crippen molar-refractivity contribution < 1.29 is 19.2 Å².